The highest BCUT2D eigenvalue weighted by Crippen LogP contribution is 2.00. The van der Waals surface area contributed by atoms with Gasteiger partial charge in [0.15, 0.2) is 0 Å². The van der Waals surface area contributed by atoms with Crippen molar-refractivity contribution in [2.75, 3.05) is 46.8 Å². The normalized spacial score (nSPS) is 10.6. The molecule has 0 aliphatic rings. The summed E-state index contributed by atoms with van der Waals surface area (Å²) < 4.78 is 0. The summed E-state index contributed by atoms with van der Waals surface area (Å²) in [6.45, 7) is 9.18. The largest absolute Gasteiger partial charge is 0.343 e. The second-order valence-corrected chi connectivity index (χ2v) is 4.98. The lowest BCUT2D eigenvalue weighted by Crippen LogP contribution is -2.37. The molecule has 0 aliphatic carbocycles. The quantitative estimate of drug-likeness (QED) is 0.629. The van der Waals surface area contributed by atoms with E-state index >= 15 is 0 Å². The molecule has 0 unspecified atom stereocenters. The molecule has 5 heteroatoms. The zero-order valence-electron chi connectivity index (χ0n) is 13.1. The molecule has 0 saturated heterocycles. The first-order valence-electron chi connectivity index (χ1n) is 7.10. The predicted molar refractivity (Wildman–Crippen MR) is 78.0 cm³/mol. The molecule has 0 spiro atoms. The molecule has 0 fully saturated rings. The number of amides is 2. The minimum absolute atomic E-state index is 0.0473. The van der Waals surface area contributed by atoms with E-state index in [0.29, 0.717) is 13.0 Å². The number of carbonyl (C=O) groups is 2. The fourth-order valence-electron chi connectivity index (χ4n) is 1.97. The van der Waals surface area contributed by atoms with Crippen molar-refractivity contribution in [2.24, 2.45) is 0 Å². The van der Waals surface area contributed by atoms with Crippen molar-refractivity contribution in [3.05, 3.63) is 0 Å². The highest BCUT2D eigenvalue weighted by molar-refractivity contribution is 5.78. The van der Waals surface area contributed by atoms with Crippen LogP contribution in [0.5, 0.6) is 0 Å². The Morgan fingerprint density at radius 1 is 0.895 bits per heavy atom. The second-order valence-electron chi connectivity index (χ2n) is 4.98. The molecule has 0 aromatic carbocycles. The first-order valence-corrected chi connectivity index (χ1v) is 7.10. The van der Waals surface area contributed by atoms with Gasteiger partial charge >= 0.3 is 0 Å². The van der Waals surface area contributed by atoms with Crippen molar-refractivity contribution in [3.63, 3.8) is 0 Å². The van der Waals surface area contributed by atoms with Crippen LogP contribution in [0.2, 0.25) is 0 Å². The average molecular weight is 271 g/mol. The summed E-state index contributed by atoms with van der Waals surface area (Å²) in [5.41, 5.74) is 0. The van der Waals surface area contributed by atoms with E-state index in [2.05, 4.69) is 4.90 Å². The standard InChI is InChI=1S/C14H29N3O2/c1-6-16(7-2)14(19)9-12-17(13(3)18)11-8-10-15(4)5/h6-12H2,1-5H3. The van der Waals surface area contributed by atoms with Gasteiger partial charge in [-0.05, 0) is 40.9 Å². The molecule has 0 radical (unpaired) electrons. The topological polar surface area (TPSA) is 43.9 Å². The van der Waals surface area contributed by atoms with Crippen LogP contribution in [-0.4, -0.2) is 73.3 Å². The number of hydrogen-bond acceptors (Lipinski definition) is 3. The third-order valence-corrected chi connectivity index (χ3v) is 3.19. The third kappa shape index (κ3) is 7.82. The van der Waals surface area contributed by atoms with E-state index < -0.39 is 0 Å². The van der Waals surface area contributed by atoms with Crippen molar-refractivity contribution >= 4 is 11.8 Å². The predicted octanol–water partition coefficient (Wildman–Crippen LogP) is 1.05. The Labute approximate surface area is 117 Å². The summed E-state index contributed by atoms with van der Waals surface area (Å²) in [6.07, 6.45) is 1.36. The zero-order valence-corrected chi connectivity index (χ0v) is 13.1. The van der Waals surface area contributed by atoms with Crippen molar-refractivity contribution in [3.8, 4) is 0 Å². The highest BCUT2D eigenvalue weighted by Gasteiger charge is 2.14. The fourth-order valence-corrected chi connectivity index (χ4v) is 1.97. The summed E-state index contributed by atoms with van der Waals surface area (Å²) in [5, 5.41) is 0. The molecule has 0 atom stereocenters. The number of nitrogens with zero attached hydrogens (tertiary/aromatic N) is 3. The molecule has 112 valence electrons. The van der Waals surface area contributed by atoms with Gasteiger partial charge in [0.2, 0.25) is 11.8 Å². The highest BCUT2D eigenvalue weighted by atomic mass is 16.2. The molecule has 0 bridgehead atoms. The molecule has 0 aromatic rings. The SMILES string of the molecule is CCN(CC)C(=O)CCN(CCCN(C)C)C(C)=O. The minimum atomic E-state index is 0.0473. The summed E-state index contributed by atoms with van der Waals surface area (Å²) in [7, 11) is 4.03. The maximum Gasteiger partial charge on any atom is 0.224 e. The van der Waals surface area contributed by atoms with Crippen LogP contribution in [0, 0.1) is 0 Å². The van der Waals surface area contributed by atoms with Gasteiger partial charge in [-0.25, -0.2) is 0 Å². The average Bonchev–Trinajstić information content (AvgIpc) is 2.34. The van der Waals surface area contributed by atoms with E-state index in [-0.39, 0.29) is 11.8 Å². The molecule has 0 N–H and O–H groups in total. The molecule has 0 heterocycles. The Bertz CT molecular complexity index is 276. The Balaban J connectivity index is 4.14. The van der Waals surface area contributed by atoms with Crippen LogP contribution in [0.15, 0.2) is 0 Å². The van der Waals surface area contributed by atoms with Crippen LogP contribution in [0.3, 0.4) is 0 Å². The smallest absolute Gasteiger partial charge is 0.224 e. The maximum absolute atomic E-state index is 11.9. The second kappa shape index (κ2) is 9.78. The van der Waals surface area contributed by atoms with Gasteiger partial charge in [-0.15, -0.1) is 0 Å². The van der Waals surface area contributed by atoms with E-state index in [9.17, 15) is 9.59 Å². The molecule has 19 heavy (non-hydrogen) atoms. The Hall–Kier alpha value is -1.10. The third-order valence-electron chi connectivity index (χ3n) is 3.19. The Kier molecular flexibility index (Phi) is 9.21. The molecule has 5 nitrogen and oxygen atoms in total. The summed E-state index contributed by atoms with van der Waals surface area (Å²) in [5.74, 6) is 0.176. The van der Waals surface area contributed by atoms with Crippen LogP contribution in [0.25, 0.3) is 0 Å². The van der Waals surface area contributed by atoms with Gasteiger partial charge in [-0.2, -0.15) is 0 Å². The van der Waals surface area contributed by atoms with E-state index in [1.807, 2.05) is 27.9 Å². The van der Waals surface area contributed by atoms with Gasteiger partial charge in [0.05, 0.1) is 0 Å². The van der Waals surface area contributed by atoms with Crippen molar-refractivity contribution in [1.29, 1.82) is 0 Å². The lowest BCUT2D eigenvalue weighted by molar-refractivity contribution is -0.133. The molecule has 0 rings (SSSR count). The van der Waals surface area contributed by atoms with Gasteiger partial charge in [-0.1, -0.05) is 0 Å². The van der Waals surface area contributed by atoms with E-state index in [1.165, 1.54) is 0 Å². The van der Waals surface area contributed by atoms with Crippen molar-refractivity contribution < 1.29 is 9.59 Å². The van der Waals surface area contributed by atoms with Crippen LogP contribution < -0.4 is 0 Å². The lowest BCUT2D eigenvalue weighted by Gasteiger charge is -2.24. The molecule has 0 aliphatic heterocycles. The van der Waals surface area contributed by atoms with Crippen molar-refractivity contribution in [1.82, 2.24) is 14.7 Å². The monoisotopic (exact) mass is 271 g/mol. The van der Waals surface area contributed by atoms with Crippen LogP contribution >= 0.6 is 0 Å². The Morgan fingerprint density at radius 3 is 1.89 bits per heavy atom. The van der Waals surface area contributed by atoms with E-state index in [1.54, 1.807) is 16.7 Å². The van der Waals surface area contributed by atoms with Gasteiger partial charge in [0.1, 0.15) is 0 Å². The lowest BCUT2D eigenvalue weighted by atomic mass is 10.3. The van der Waals surface area contributed by atoms with E-state index in [4.69, 9.17) is 0 Å². The van der Waals surface area contributed by atoms with Gasteiger partial charge in [0, 0.05) is 39.5 Å². The van der Waals surface area contributed by atoms with Crippen LogP contribution in [0.1, 0.15) is 33.6 Å². The molecule has 2 amide bonds. The molecule has 0 saturated carbocycles. The van der Waals surface area contributed by atoms with Gasteiger partial charge < -0.3 is 14.7 Å². The number of carbonyl (C=O) groups excluding carboxylic acids is 2. The van der Waals surface area contributed by atoms with Crippen LogP contribution in [-0.2, 0) is 9.59 Å². The van der Waals surface area contributed by atoms with Gasteiger partial charge in [-0.3, -0.25) is 9.59 Å². The summed E-state index contributed by atoms with van der Waals surface area (Å²) in [6, 6.07) is 0. The molecular formula is C14H29N3O2. The number of hydrogen-bond donors (Lipinski definition) is 0. The maximum atomic E-state index is 11.9. The van der Waals surface area contributed by atoms with Crippen molar-refractivity contribution in [2.45, 2.75) is 33.6 Å². The first-order chi connectivity index (χ1) is 8.92. The fraction of sp³-hybridized carbons (Fsp3) is 0.857. The zero-order chi connectivity index (χ0) is 14.8. The first kappa shape index (κ1) is 17.9. The Morgan fingerprint density at radius 2 is 1.47 bits per heavy atom. The molecule has 0 aromatic heterocycles. The van der Waals surface area contributed by atoms with Crippen LogP contribution in [0.4, 0.5) is 0 Å². The summed E-state index contributed by atoms with van der Waals surface area (Å²) >= 11 is 0. The summed E-state index contributed by atoms with van der Waals surface area (Å²) in [4.78, 5) is 29.1. The minimum Gasteiger partial charge on any atom is -0.343 e. The molecular weight excluding hydrogens is 242 g/mol. The van der Waals surface area contributed by atoms with E-state index in [0.717, 1.165) is 32.6 Å². The van der Waals surface area contributed by atoms with Gasteiger partial charge in [0.25, 0.3) is 0 Å². The number of rotatable bonds is 9.